The summed E-state index contributed by atoms with van der Waals surface area (Å²) in [6, 6.07) is 13.6. The van der Waals surface area contributed by atoms with Crippen molar-refractivity contribution < 1.29 is 14.3 Å². The highest BCUT2D eigenvalue weighted by atomic mass is 32.2. The molecule has 2 aliphatic heterocycles. The quantitative estimate of drug-likeness (QED) is 0.305. The zero-order valence-corrected chi connectivity index (χ0v) is 20.3. The van der Waals surface area contributed by atoms with Crippen LogP contribution in [0.15, 0.2) is 47.5 Å². The lowest BCUT2D eigenvalue weighted by atomic mass is 10.0. The van der Waals surface area contributed by atoms with Crippen molar-refractivity contribution >= 4 is 40.0 Å². The number of amides is 1. The Morgan fingerprint density at radius 2 is 1.88 bits per heavy atom. The maximum absolute atomic E-state index is 13.3. The highest BCUT2D eigenvalue weighted by molar-refractivity contribution is 8.00. The first kappa shape index (κ1) is 23.0. The molecule has 3 heterocycles. The lowest BCUT2D eigenvalue weighted by molar-refractivity contribution is -0.116. The molecule has 0 aliphatic carbocycles. The number of anilines is 1. The minimum absolute atomic E-state index is 0.0327. The molecule has 0 N–H and O–H groups in total. The van der Waals surface area contributed by atoms with Gasteiger partial charge in [0.1, 0.15) is 10.9 Å². The standard InChI is InChI=1S/C26H28N4O3S/c1-17(25(32)20-7-8-23-19(15-20)9-10-30(23)18(2)31)34-26-21-5-3-4-6-22(21)27-24(28-26)16-29-11-13-33-14-12-29/h3-8,15,17H,9-14,16H2,1-2H3/t17-/m0/s1. The van der Waals surface area contributed by atoms with Gasteiger partial charge in [-0.15, -0.1) is 0 Å². The molecule has 1 aromatic heterocycles. The molecule has 0 spiro atoms. The number of rotatable bonds is 6. The number of thioether (sulfide) groups is 1. The largest absolute Gasteiger partial charge is 0.379 e. The maximum atomic E-state index is 13.3. The molecule has 176 valence electrons. The summed E-state index contributed by atoms with van der Waals surface area (Å²) in [5.74, 6) is 0.862. The summed E-state index contributed by atoms with van der Waals surface area (Å²) >= 11 is 1.48. The van der Waals surface area contributed by atoms with E-state index < -0.39 is 0 Å². The molecule has 3 aromatic rings. The number of ketones is 1. The molecule has 1 saturated heterocycles. The lowest BCUT2D eigenvalue weighted by Gasteiger charge is -2.26. The Labute approximate surface area is 203 Å². The lowest BCUT2D eigenvalue weighted by Crippen LogP contribution is -2.36. The van der Waals surface area contributed by atoms with E-state index in [1.54, 1.807) is 11.8 Å². The topological polar surface area (TPSA) is 75.6 Å². The average molecular weight is 477 g/mol. The predicted octanol–water partition coefficient (Wildman–Crippen LogP) is 3.73. The fraction of sp³-hybridized carbons (Fsp3) is 0.385. The normalized spacial score (nSPS) is 17.1. The Morgan fingerprint density at radius 1 is 1.09 bits per heavy atom. The molecule has 0 saturated carbocycles. The van der Waals surface area contributed by atoms with Gasteiger partial charge in [0, 0.05) is 43.2 Å². The van der Waals surface area contributed by atoms with Gasteiger partial charge in [0.15, 0.2) is 5.78 Å². The Morgan fingerprint density at radius 3 is 2.68 bits per heavy atom. The van der Waals surface area contributed by atoms with Crippen LogP contribution in [0.4, 0.5) is 5.69 Å². The minimum Gasteiger partial charge on any atom is -0.379 e. The summed E-state index contributed by atoms with van der Waals surface area (Å²) in [6.07, 6.45) is 0.777. The summed E-state index contributed by atoms with van der Waals surface area (Å²) in [4.78, 5) is 38.9. The Kier molecular flexibility index (Phi) is 6.63. The van der Waals surface area contributed by atoms with Crippen LogP contribution in [0, 0.1) is 0 Å². The number of hydrogen-bond donors (Lipinski definition) is 0. The van der Waals surface area contributed by atoms with Crippen molar-refractivity contribution in [1.29, 1.82) is 0 Å². The number of para-hydroxylation sites is 1. The predicted molar refractivity (Wildman–Crippen MR) is 133 cm³/mol. The SMILES string of the molecule is CC(=O)N1CCc2cc(C(=O)[C@H](C)Sc3nc(CN4CCOCC4)nc4ccccc34)ccc21. The van der Waals surface area contributed by atoms with Crippen molar-refractivity contribution in [2.24, 2.45) is 0 Å². The Balaban J connectivity index is 1.38. The Hall–Kier alpha value is -2.81. The van der Waals surface area contributed by atoms with Crippen LogP contribution in [0.3, 0.4) is 0 Å². The van der Waals surface area contributed by atoms with E-state index in [2.05, 4.69) is 4.90 Å². The minimum atomic E-state index is -0.307. The van der Waals surface area contributed by atoms with E-state index in [9.17, 15) is 9.59 Å². The Bertz CT molecular complexity index is 1240. The van der Waals surface area contributed by atoms with Crippen LogP contribution in [-0.2, 0) is 22.5 Å². The summed E-state index contributed by atoms with van der Waals surface area (Å²) in [5, 5.41) is 1.49. The van der Waals surface area contributed by atoms with Gasteiger partial charge < -0.3 is 9.64 Å². The van der Waals surface area contributed by atoms with Crippen molar-refractivity contribution in [2.45, 2.75) is 37.1 Å². The number of fused-ring (bicyclic) bond motifs is 2. The van der Waals surface area contributed by atoms with Crippen LogP contribution in [0.5, 0.6) is 0 Å². The monoisotopic (exact) mass is 476 g/mol. The van der Waals surface area contributed by atoms with Gasteiger partial charge in [-0.05, 0) is 43.2 Å². The summed E-state index contributed by atoms with van der Waals surface area (Å²) in [7, 11) is 0. The van der Waals surface area contributed by atoms with Crippen molar-refractivity contribution in [3.8, 4) is 0 Å². The first-order valence-corrected chi connectivity index (χ1v) is 12.6. The molecule has 0 bridgehead atoms. The molecule has 5 rings (SSSR count). The van der Waals surface area contributed by atoms with Crippen LogP contribution in [0.2, 0.25) is 0 Å². The number of carbonyl (C=O) groups excluding carboxylic acids is 2. The molecule has 7 nitrogen and oxygen atoms in total. The van der Waals surface area contributed by atoms with E-state index in [1.807, 2.05) is 49.4 Å². The number of nitrogens with zero attached hydrogens (tertiary/aromatic N) is 4. The van der Waals surface area contributed by atoms with Crippen molar-refractivity contribution in [3.63, 3.8) is 0 Å². The molecule has 1 atom stereocenters. The zero-order valence-electron chi connectivity index (χ0n) is 19.5. The molecule has 0 radical (unpaired) electrons. The molecule has 34 heavy (non-hydrogen) atoms. The van der Waals surface area contributed by atoms with E-state index in [0.29, 0.717) is 18.7 Å². The summed E-state index contributed by atoms with van der Waals surface area (Å²) in [6.45, 7) is 8.04. The highest BCUT2D eigenvalue weighted by Gasteiger charge is 2.25. The maximum Gasteiger partial charge on any atom is 0.223 e. The summed E-state index contributed by atoms with van der Waals surface area (Å²) in [5.41, 5.74) is 3.54. The van der Waals surface area contributed by atoms with Gasteiger partial charge in [-0.25, -0.2) is 9.97 Å². The molecular weight excluding hydrogens is 448 g/mol. The first-order chi connectivity index (χ1) is 16.5. The second kappa shape index (κ2) is 9.82. The molecule has 8 heteroatoms. The zero-order chi connectivity index (χ0) is 23.7. The van der Waals surface area contributed by atoms with Crippen LogP contribution in [0.1, 0.15) is 35.6 Å². The molecule has 0 unspecified atom stereocenters. The van der Waals surface area contributed by atoms with Gasteiger partial charge in [-0.2, -0.15) is 0 Å². The van der Waals surface area contributed by atoms with E-state index in [4.69, 9.17) is 14.7 Å². The van der Waals surface area contributed by atoms with Gasteiger partial charge in [0.2, 0.25) is 5.91 Å². The van der Waals surface area contributed by atoms with Crippen molar-refractivity contribution in [1.82, 2.24) is 14.9 Å². The number of aromatic nitrogens is 2. The van der Waals surface area contributed by atoms with Crippen LogP contribution in [-0.4, -0.2) is 64.7 Å². The third-order valence-electron chi connectivity index (χ3n) is 6.38. The van der Waals surface area contributed by atoms with Crippen LogP contribution < -0.4 is 4.90 Å². The van der Waals surface area contributed by atoms with Crippen LogP contribution >= 0.6 is 11.8 Å². The molecule has 1 fully saturated rings. The van der Waals surface area contributed by atoms with E-state index in [0.717, 1.165) is 65.7 Å². The second-order valence-electron chi connectivity index (χ2n) is 8.74. The van der Waals surface area contributed by atoms with Crippen LogP contribution in [0.25, 0.3) is 10.9 Å². The van der Waals surface area contributed by atoms with E-state index >= 15 is 0 Å². The molecular formula is C26H28N4O3S. The fourth-order valence-corrected chi connectivity index (χ4v) is 5.59. The van der Waals surface area contributed by atoms with E-state index in [-0.39, 0.29) is 16.9 Å². The van der Waals surface area contributed by atoms with Gasteiger partial charge in [-0.3, -0.25) is 14.5 Å². The smallest absolute Gasteiger partial charge is 0.223 e. The number of morpholine rings is 1. The van der Waals surface area contributed by atoms with Gasteiger partial charge in [0.25, 0.3) is 0 Å². The second-order valence-corrected chi connectivity index (χ2v) is 10.1. The molecule has 2 aromatic carbocycles. The third kappa shape index (κ3) is 4.71. The average Bonchev–Trinajstić information content (AvgIpc) is 3.28. The number of hydrogen-bond acceptors (Lipinski definition) is 7. The van der Waals surface area contributed by atoms with E-state index in [1.165, 1.54) is 11.8 Å². The first-order valence-electron chi connectivity index (χ1n) is 11.7. The molecule has 2 aliphatic rings. The van der Waals surface area contributed by atoms with Gasteiger partial charge in [0.05, 0.1) is 30.5 Å². The van der Waals surface area contributed by atoms with Gasteiger partial charge >= 0.3 is 0 Å². The highest BCUT2D eigenvalue weighted by Crippen LogP contribution is 2.33. The number of benzene rings is 2. The number of Topliss-reactive ketones (excluding diaryl/α,β-unsaturated/α-hetero) is 1. The molecule has 1 amide bonds. The van der Waals surface area contributed by atoms with Gasteiger partial charge in [-0.1, -0.05) is 30.0 Å². The number of carbonyl (C=O) groups is 2. The third-order valence-corrected chi connectivity index (χ3v) is 7.48. The van der Waals surface area contributed by atoms with Crippen molar-refractivity contribution in [3.05, 3.63) is 59.4 Å². The fourth-order valence-electron chi connectivity index (χ4n) is 4.55. The summed E-state index contributed by atoms with van der Waals surface area (Å²) < 4.78 is 5.45. The number of ether oxygens (including phenoxy) is 1. The van der Waals surface area contributed by atoms with Crippen molar-refractivity contribution in [2.75, 3.05) is 37.7 Å².